The van der Waals surface area contributed by atoms with Crippen LogP contribution >= 0.6 is 15.9 Å². The van der Waals surface area contributed by atoms with Gasteiger partial charge in [-0.15, -0.1) is 0 Å². The number of nitrogens with one attached hydrogen (secondary N) is 1. The van der Waals surface area contributed by atoms with E-state index in [0.717, 1.165) is 22.3 Å². The summed E-state index contributed by atoms with van der Waals surface area (Å²) < 4.78 is 2.98. The number of halogens is 1. The molecule has 0 bridgehead atoms. The highest BCUT2D eigenvalue weighted by molar-refractivity contribution is 9.10. The van der Waals surface area contributed by atoms with Gasteiger partial charge in [0.05, 0.1) is 17.4 Å². The van der Waals surface area contributed by atoms with Crippen molar-refractivity contribution in [1.82, 2.24) is 20.1 Å². The molecule has 0 saturated carbocycles. The lowest BCUT2D eigenvalue weighted by Crippen LogP contribution is -2.20. The summed E-state index contributed by atoms with van der Waals surface area (Å²) >= 11 is 3.40. The number of pyridine rings is 1. The van der Waals surface area contributed by atoms with Gasteiger partial charge < -0.3 is 5.32 Å². The first-order valence-corrected chi connectivity index (χ1v) is 7.22. The largest absolute Gasteiger partial charge is 0.311 e. The summed E-state index contributed by atoms with van der Waals surface area (Å²) in [6.07, 6.45) is 4.69. The molecule has 1 N–H and O–H groups in total. The fourth-order valence-corrected chi connectivity index (χ4v) is 2.17. The fourth-order valence-electron chi connectivity index (χ4n) is 1.93. The van der Waals surface area contributed by atoms with Crippen molar-refractivity contribution in [3.05, 3.63) is 46.5 Å². The van der Waals surface area contributed by atoms with Gasteiger partial charge in [-0.3, -0.25) is 9.67 Å². The monoisotopic (exact) mass is 322 g/mol. The summed E-state index contributed by atoms with van der Waals surface area (Å²) in [5.74, 6) is 0. The van der Waals surface area contributed by atoms with Crippen molar-refractivity contribution < 1.29 is 0 Å². The lowest BCUT2D eigenvalue weighted by Gasteiger charge is -2.14. The molecule has 0 amide bonds. The van der Waals surface area contributed by atoms with Gasteiger partial charge in [-0.2, -0.15) is 5.10 Å². The molecule has 0 aliphatic heterocycles. The van der Waals surface area contributed by atoms with Crippen LogP contribution in [0.25, 0.3) is 0 Å². The van der Waals surface area contributed by atoms with Crippen molar-refractivity contribution in [3.8, 4) is 0 Å². The molecular weight excluding hydrogens is 304 g/mol. The van der Waals surface area contributed by atoms with Crippen LogP contribution in [-0.2, 0) is 6.42 Å². The SMILES string of the molecule is CNC(Cc1ccn(C(C)C)n1)c1ccc(Br)cn1. The number of rotatable bonds is 5. The minimum Gasteiger partial charge on any atom is -0.311 e. The van der Waals surface area contributed by atoms with Gasteiger partial charge in [-0.25, -0.2) is 0 Å². The van der Waals surface area contributed by atoms with Crippen molar-refractivity contribution in [1.29, 1.82) is 0 Å². The molecule has 0 fully saturated rings. The summed E-state index contributed by atoms with van der Waals surface area (Å²) in [6, 6.07) is 6.70. The normalized spacial score (nSPS) is 12.9. The van der Waals surface area contributed by atoms with Gasteiger partial charge in [0.25, 0.3) is 0 Å². The van der Waals surface area contributed by atoms with Gasteiger partial charge in [-0.05, 0) is 55.0 Å². The van der Waals surface area contributed by atoms with E-state index in [9.17, 15) is 0 Å². The molecule has 0 aromatic carbocycles. The summed E-state index contributed by atoms with van der Waals surface area (Å²) in [7, 11) is 1.95. The van der Waals surface area contributed by atoms with Gasteiger partial charge in [0.2, 0.25) is 0 Å². The molecule has 4 nitrogen and oxygen atoms in total. The zero-order chi connectivity index (χ0) is 13.8. The molecule has 0 saturated heterocycles. The third kappa shape index (κ3) is 3.64. The van der Waals surface area contributed by atoms with E-state index in [0.29, 0.717) is 6.04 Å². The molecule has 2 aromatic rings. The van der Waals surface area contributed by atoms with E-state index in [1.807, 2.05) is 36.3 Å². The summed E-state index contributed by atoms with van der Waals surface area (Å²) in [4.78, 5) is 4.44. The van der Waals surface area contributed by atoms with E-state index in [1.165, 1.54) is 0 Å². The van der Waals surface area contributed by atoms with Crippen molar-refractivity contribution >= 4 is 15.9 Å². The molecule has 0 spiro atoms. The highest BCUT2D eigenvalue weighted by Crippen LogP contribution is 2.18. The quantitative estimate of drug-likeness (QED) is 0.919. The first kappa shape index (κ1) is 14.2. The number of hydrogen-bond donors (Lipinski definition) is 1. The zero-order valence-electron chi connectivity index (χ0n) is 11.5. The molecule has 102 valence electrons. The number of likely N-dealkylation sites (N-methyl/N-ethyl adjacent to an activating group) is 1. The number of aromatic nitrogens is 3. The molecule has 2 heterocycles. The Labute approximate surface area is 122 Å². The van der Waals surface area contributed by atoms with Crippen LogP contribution in [0, 0.1) is 0 Å². The molecule has 5 heteroatoms. The molecule has 19 heavy (non-hydrogen) atoms. The Hall–Kier alpha value is -1.20. The van der Waals surface area contributed by atoms with Crippen molar-refractivity contribution in [3.63, 3.8) is 0 Å². The van der Waals surface area contributed by atoms with Crippen LogP contribution in [0.15, 0.2) is 35.1 Å². The molecule has 0 radical (unpaired) electrons. The second kappa shape index (κ2) is 6.30. The predicted octanol–water partition coefficient (Wildman–Crippen LogP) is 3.12. The van der Waals surface area contributed by atoms with Crippen LogP contribution < -0.4 is 5.32 Å². The van der Waals surface area contributed by atoms with Gasteiger partial charge in [0, 0.05) is 29.3 Å². The van der Waals surface area contributed by atoms with Gasteiger partial charge in [-0.1, -0.05) is 0 Å². The maximum atomic E-state index is 4.58. The first-order chi connectivity index (χ1) is 9.10. The average Bonchev–Trinajstić information content (AvgIpc) is 2.86. The lowest BCUT2D eigenvalue weighted by atomic mass is 10.1. The van der Waals surface area contributed by atoms with Crippen LogP contribution in [0.5, 0.6) is 0 Å². The van der Waals surface area contributed by atoms with Crippen molar-refractivity contribution in [2.75, 3.05) is 7.05 Å². The Morgan fingerprint density at radius 1 is 1.32 bits per heavy atom. The Morgan fingerprint density at radius 2 is 2.11 bits per heavy atom. The topological polar surface area (TPSA) is 42.7 Å². The van der Waals surface area contributed by atoms with E-state index in [-0.39, 0.29) is 6.04 Å². The third-order valence-electron chi connectivity index (χ3n) is 3.06. The van der Waals surface area contributed by atoms with E-state index in [2.05, 4.69) is 51.2 Å². The Balaban J connectivity index is 2.12. The molecule has 0 aliphatic rings. The van der Waals surface area contributed by atoms with Crippen LogP contribution in [-0.4, -0.2) is 21.8 Å². The number of hydrogen-bond acceptors (Lipinski definition) is 3. The van der Waals surface area contributed by atoms with E-state index in [4.69, 9.17) is 0 Å². The number of nitrogens with zero attached hydrogens (tertiary/aromatic N) is 3. The maximum absolute atomic E-state index is 4.58. The predicted molar refractivity (Wildman–Crippen MR) is 80.1 cm³/mol. The average molecular weight is 323 g/mol. The Kier molecular flexibility index (Phi) is 4.71. The van der Waals surface area contributed by atoms with Crippen molar-refractivity contribution in [2.45, 2.75) is 32.4 Å². The van der Waals surface area contributed by atoms with Crippen LogP contribution in [0.3, 0.4) is 0 Å². The van der Waals surface area contributed by atoms with Crippen LogP contribution in [0.2, 0.25) is 0 Å². The minimum absolute atomic E-state index is 0.184. The van der Waals surface area contributed by atoms with Crippen LogP contribution in [0.1, 0.15) is 37.3 Å². The molecule has 2 aromatic heterocycles. The zero-order valence-corrected chi connectivity index (χ0v) is 13.1. The van der Waals surface area contributed by atoms with Crippen LogP contribution in [0.4, 0.5) is 0 Å². The van der Waals surface area contributed by atoms with E-state index < -0.39 is 0 Å². The van der Waals surface area contributed by atoms with Gasteiger partial charge in [0.1, 0.15) is 0 Å². The minimum atomic E-state index is 0.184. The third-order valence-corrected chi connectivity index (χ3v) is 3.53. The molecular formula is C14H19BrN4. The summed E-state index contributed by atoms with van der Waals surface area (Å²) in [6.45, 7) is 4.26. The summed E-state index contributed by atoms with van der Waals surface area (Å²) in [5, 5.41) is 7.88. The standard InChI is InChI=1S/C14H19BrN4/c1-10(2)19-7-6-12(18-19)8-14(16-3)13-5-4-11(15)9-17-13/h4-7,9-10,14,16H,8H2,1-3H3. The Bertz CT molecular complexity index is 518. The van der Waals surface area contributed by atoms with Crippen molar-refractivity contribution in [2.24, 2.45) is 0 Å². The second-order valence-electron chi connectivity index (χ2n) is 4.83. The molecule has 2 rings (SSSR count). The van der Waals surface area contributed by atoms with E-state index in [1.54, 1.807) is 0 Å². The fraction of sp³-hybridized carbons (Fsp3) is 0.429. The second-order valence-corrected chi connectivity index (χ2v) is 5.74. The van der Waals surface area contributed by atoms with Gasteiger partial charge in [0.15, 0.2) is 0 Å². The maximum Gasteiger partial charge on any atom is 0.0644 e. The molecule has 1 atom stereocenters. The van der Waals surface area contributed by atoms with Gasteiger partial charge >= 0.3 is 0 Å². The molecule has 0 aliphatic carbocycles. The highest BCUT2D eigenvalue weighted by atomic mass is 79.9. The highest BCUT2D eigenvalue weighted by Gasteiger charge is 2.13. The van der Waals surface area contributed by atoms with E-state index >= 15 is 0 Å². The smallest absolute Gasteiger partial charge is 0.0644 e. The summed E-state index contributed by atoms with van der Waals surface area (Å²) in [5.41, 5.74) is 2.11. The first-order valence-electron chi connectivity index (χ1n) is 6.43. The Morgan fingerprint density at radius 3 is 2.63 bits per heavy atom. The molecule has 1 unspecified atom stereocenters. The lowest BCUT2D eigenvalue weighted by molar-refractivity contribution is 0.512.